The molecule has 1 N–H and O–H groups in total. The maximum absolute atomic E-state index is 11.9. The van der Waals surface area contributed by atoms with E-state index in [4.69, 9.17) is 4.52 Å². The molecule has 1 heterocycles. The molecule has 0 radical (unpaired) electrons. The Kier molecular flexibility index (Phi) is 4.10. The molecule has 2 rings (SSSR count). The Bertz CT molecular complexity index is 596. The number of nitrogens with one attached hydrogen (secondary N) is 1. The summed E-state index contributed by atoms with van der Waals surface area (Å²) in [6, 6.07) is 6.40. The minimum absolute atomic E-state index is 0.209. The Morgan fingerprint density at radius 2 is 2.00 bits per heavy atom. The Morgan fingerprint density at radius 3 is 2.61 bits per heavy atom. The zero-order valence-corrected chi connectivity index (χ0v) is 11.6. The summed E-state index contributed by atoms with van der Waals surface area (Å²) in [6.45, 7) is 0.209. The van der Waals surface area contributed by atoms with Crippen LogP contribution in [0.15, 0.2) is 44.5 Å². The van der Waals surface area contributed by atoms with Gasteiger partial charge < -0.3 is 4.52 Å². The molecule has 1 aromatic carbocycles. The summed E-state index contributed by atoms with van der Waals surface area (Å²) in [5.74, 6) is 0.397. The van der Waals surface area contributed by atoms with Gasteiger partial charge in [-0.25, -0.2) is 13.1 Å². The summed E-state index contributed by atoms with van der Waals surface area (Å²) in [6.07, 6.45) is 1.63. The predicted octanol–water partition coefficient (Wildman–Crippen LogP) is 1.35. The van der Waals surface area contributed by atoms with Gasteiger partial charge in [0.15, 0.2) is 6.33 Å². The molecule has 2 aromatic rings. The number of halogens is 1. The number of nitrogens with zero attached hydrogens (tertiary/aromatic N) is 2. The van der Waals surface area contributed by atoms with Crippen LogP contribution in [0.5, 0.6) is 0 Å². The normalized spacial score (nSPS) is 11.6. The van der Waals surface area contributed by atoms with E-state index in [1.807, 2.05) is 0 Å². The summed E-state index contributed by atoms with van der Waals surface area (Å²) in [5.41, 5.74) is 0. The van der Waals surface area contributed by atoms with Gasteiger partial charge in [0, 0.05) is 17.4 Å². The second-order valence-corrected chi connectivity index (χ2v) is 6.12. The Morgan fingerprint density at radius 1 is 1.28 bits per heavy atom. The number of hydrogen-bond acceptors (Lipinski definition) is 5. The van der Waals surface area contributed by atoms with Crippen LogP contribution in [0, 0.1) is 0 Å². The lowest BCUT2D eigenvalue weighted by molar-refractivity contribution is 0.377. The molecule has 0 atom stereocenters. The third-order valence-corrected chi connectivity index (χ3v) is 4.17. The van der Waals surface area contributed by atoms with Crippen molar-refractivity contribution in [2.75, 3.05) is 6.54 Å². The van der Waals surface area contributed by atoms with E-state index in [0.29, 0.717) is 12.3 Å². The smallest absolute Gasteiger partial charge is 0.240 e. The first-order valence-electron chi connectivity index (χ1n) is 5.09. The molecule has 0 bridgehead atoms. The Hall–Kier alpha value is -1.25. The molecule has 0 fully saturated rings. The highest BCUT2D eigenvalue weighted by atomic mass is 79.9. The summed E-state index contributed by atoms with van der Waals surface area (Å²) >= 11 is 3.25. The van der Waals surface area contributed by atoms with E-state index < -0.39 is 10.0 Å². The van der Waals surface area contributed by atoms with Gasteiger partial charge in [0.1, 0.15) is 0 Å². The average Bonchev–Trinajstić information content (AvgIpc) is 2.82. The fourth-order valence-electron chi connectivity index (χ4n) is 1.30. The van der Waals surface area contributed by atoms with Crippen LogP contribution in [0.1, 0.15) is 5.89 Å². The quantitative estimate of drug-likeness (QED) is 0.893. The molecule has 96 valence electrons. The van der Waals surface area contributed by atoms with Crippen LogP contribution < -0.4 is 4.72 Å². The highest BCUT2D eigenvalue weighted by Gasteiger charge is 2.13. The van der Waals surface area contributed by atoms with Crippen molar-refractivity contribution >= 4 is 26.0 Å². The number of benzene rings is 1. The predicted molar refractivity (Wildman–Crippen MR) is 67.3 cm³/mol. The van der Waals surface area contributed by atoms with Crippen LogP contribution in [-0.2, 0) is 16.4 Å². The third-order valence-electron chi connectivity index (χ3n) is 2.16. The molecular formula is C10H10BrN3O3S. The van der Waals surface area contributed by atoms with Gasteiger partial charge in [0.05, 0.1) is 4.90 Å². The molecule has 8 heteroatoms. The van der Waals surface area contributed by atoms with Crippen LogP contribution in [0.4, 0.5) is 0 Å². The number of hydrogen-bond donors (Lipinski definition) is 1. The lowest BCUT2D eigenvalue weighted by atomic mass is 10.4. The van der Waals surface area contributed by atoms with Gasteiger partial charge in [-0.1, -0.05) is 21.1 Å². The molecule has 0 saturated heterocycles. The van der Waals surface area contributed by atoms with Crippen molar-refractivity contribution in [1.29, 1.82) is 0 Å². The SMILES string of the molecule is O=S(=O)(NCCc1ncno1)c1ccc(Br)cc1. The van der Waals surface area contributed by atoms with E-state index >= 15 is 0 Å². The van der Waals surface area contributed by atoms with Crippen LogP contribution in [0.2, 0.25) is 0 Å². The van der Waals surface area contributed by atoms with Gasteiger partial charge in [-0.05, 0) is 24.3 Å². The van der Waals surface area contributed by atoms with Crippen molar-refractivity contribution in [3.63, 3.8) is 0 Å². The minimum atomic E-state index is -3.49. The lowest BCUT2D eigenvalue weighted by Gasteiger charge is -2.05. The summed E-state index contributed by atoms with van der Waals surface area (Å²) in [5, 5.41) is 3.44. The maximum atomic E-state index is 11.9. The van der Waals surface area contributed by atoms with Crippen LogP contribution in [-0.4, -0.2) is 25.1 Å². The second kappa shape index (κ2) is 5.59. The van der Waals surface area contributed by atoms with Crippen molar-refractivity contribution in [1.82, 2.24) is 14.9 Å². The number of sulfonamides is 1. The van der Waals surface area contributed by atoms with Gasteiger partial charge in [-0.2, -0.15) is 4.98 Å². The molecule has 0 amide bonds. The van der Waals surface area contributed by atoms with E-state index in [-0.39, 0.29) is 11.4 Å². The first kappa shape index (κ1) is 13.2. The number of aromatic nitrogens is 2. The number of rotatable bonds is 5. The third kappa shape index (κ3) is 3.37. The van der Waals surface area contributed by atoms with E-state index in [1.54, 1.807) is 12.1 Å². The molecule has 0 aliphatic heterocycles. The topological polar surface area (TPSA) is 85.1 Å². The van der Waals surface area contributed by atoms with Gasteiger partial charge >= 0.3 is 0 Å². The standard InChI is InChI=1S/C10H10BrN3O3S/c11-8-1-3-9(4-2-8)18(15,16)14-6-5-10-12-7-13-17-10/h1-4,7,14H,5-6H2. The molecule has 6 nitrogen and oxygen atoms in total. The first-order valence-corrected chi connectivity index (χ1v) is 7.36. The van der Waals surface area contributed by atoms with E-state index in [1.165, 1.54) is 18.5 Å². The van der Waals surface area contributed by atoms with Crippen LogP contribution in [0.25, 0.3) is 0 Å². The fraction of sp³-hybridized carbons (Fsp3) is 0.200. The van der Waals surface area contributed by atoms with Crippen LogP contribution >= 0.6 is 15.9 Å². The van der Waals surface area contributed by atoms with Crippen molar-refractivity contribution < 1.29 is 12.9 Å². The Labute approximate surface area is 113 Å². The minimum Gasteiger partial charge on any atom is -0.340 e. The van der Waals surface area contributed by atoms with Crippen LogP contribution in [0.3, 0.4) is 0 Å². The fourth-order valence-corrected chi connectivity index (χ4v) is 2.59. The molecule has 0 saturated carbocycles. The molecule has 0 unspecified atom stereocenters. The summed E-state index contributed by atoms with van der Waals surface area (Å²) < 4.78 is 31.8. The van der Waals surface area contributed by atoms with E-state index in [9.17, 15) is 8.42 Å². The van der Waals surface area contributed by atoms with Crippen molar-refractivity contribution in [3.8, 4) is 0 Å². The summed E-state index contributed by atoms with van der Waals surface area (Å²) in [7, 11) is -3.49. The van der Waals surface area contributed by atoms with Gasteiger partial charge in [0.25, 0.3) is 0 Å². The Balaban J connectivity index is 1.97. The molecule has 0 spiro atoms. The second-order valence-electron chi connectivity index (χ2n) is 3.44. The van der Waals surface area contributed by atoms with Gasteiger partial charge in [-0.3, -0.25) is 0 Å². The van der Waals surface area contributed by atoms with Crippen molar-refractivity contribution in [2.45, 2.75) is 11.3 Å². The average molecular weight is 332 g/mol. The maximum Gasteiger partial charge on any atom is 0.240 e. The molecule has 0 aliphatic rings. The van der Waals surface area contributed by atoms with E-state index in [2.05, 4.69) is 30.8 Å². The zero-order chi connectivity index (χ0) is 13.0. The zero-order valence-electron chi connectivity index (χ0n) is 9.21. The largest absolute Gasteiger partial charge is 0.340 e. The lowest BCUT2D eigenvalue weighted by Crippen LogP contribution is -2.26. The molecule has 18 heavy (non-hydrogen) atoms. The molecule has 0 aliphatic carbocycles. The van der Waals surface area contributed by atoms with Gasteiger partial charge in [0.2, 0.25) is 15.9 Å². The highest BCUT2D eigenvalue weighted by Crippen LogP contribution is 2.14. The van der Waals surface area contributed by atoms with Crippen molar-refractivity contribution in [3.05, 3.63) is 41.0 Å². The van der Waals surface area contributed by atoms with Crippen molar-refractivity contribution in [2.24, 2.45) is 0 Å². The van der Waals surface area contributed by atoms with Gasteiger partial charge in [-0.15, -0.1) is 0 Å². The molecule has 1 aromatic heterocycles. The summed E-state index contributed by atoms with van der Waals surface area (Å²) in [4.78, 5) is 4.02. The first-order chi connectivity index (χ1) is 8.58. The highest BCUT2D eigenvalue weighted by molar-refractivity contribution is 9.10. The monoisotopic (exact) mass is 331 g/mol. The molecular weight excluding hydrogens is 322 g/mol. The van der Waals surface area contributed by atoms with E-state index in [0.717, 1.165) is 4.47 Å².